The molecule has 0 heterocycles. The Morgan fingerprint density at radius 1 is 1.16 bits per heavy atom. The van der Waals surface area contributed by atoms with Gasteiger partial charge in [-0.1, -0.05) is 45.4 Å². The van der Waals surface area contributed by atoms with E-state index in [2.05, 4.69) is 44.3 Å². The Hall–Kier alpha value is -1.02. The molecule has 0 aliphatic carbocycles. The fourth-order valence-electron chi connectivity index (χ4n) is 2.72. The minimum atomic E-state index is 0.304. The molecule has 2 heteroatoms. The SMILES string of the molecule is CCCNCC(C)(CCC)Cc1ccccc1OC. The molecule has 0 radical (unpaired) electrons. The summed E-state index contributed by atoms with van der Waals surface area (Å²) in [5.74, 6) is 1.01. The molecule has 0 amide bonds. The van der Waals surface area contributed by atoms with Crippen LogP contribution in [0, 0.1) is 5.41 Å². The first-order valence-corrected chi connectivity index (χ1v) is 7.48. The number of benzene rings is 1. The van der Waals surface area contributed by atoms with Gasteiger partial charge in [-0.15, -0.1) is 0 Å². The van der Waals surface area contributed by atoms with Crippen LogP contribution in [0.25, 0.3) is 0 Å². The van der Waals surface area contributed by atoms with Gasteiger partial charge in [0.25, 0.3) is 0 Å². The quantitative estimate of drug-likeness (QED) is 0.679. The zero-order chi connectivity index (χ0) is 14.1. The zero-order valence-electron chi connectivity index (χ0n) is 13.0. The fraction of sp³-hybridized carbons (Fsp3) is 0.647. The summed E-state index contributed by atoms with van der Waals surface area (Å²) < 4.78 is 5.47. The van der Waals surface area contributed by atoms with Crippen LogP contribution < -0.4 is 10.1 Å². The molecule has 1 N–H and O–H groups in total. The maximum Gasteiger partial charge on any atom is 0.122 e. The van der Waals surface area contributed by atoms with Gasteiger partial charge in [-0.05, 0) is 42.9 Å². The molecular weight excluding hydrogens is 234 g/mol. The lowest BCUT2D eigenvalue weighted by Gasteiger charge is -2.30. The van der Waals surface area contributed by atoms with Gasteiger partial charge in [0.1, 0.15) is 5.75 Å². The molecule has 0 saturated carbocycles. The van der Waals surface area contributed by atoms with E-state index in [0.717, 1.165) is 25.3 Å². The Labute approximate surface area is 118 Å². The predicted octanol–water partition coefficient (Wildman–Crippen LogP) is 4.04. The largest absolute Gasteiger partial charge is 0.496 e. The molecule has 0 bridgehead atoms. The molecule has 1 aromatic carbocycles. The summed E-state index contributed by atoms with van der Waals surface area (Å²) in [6.07, 6.45) is 4.72. The van der Waals surface area contributed by atoms with E-state index in [1.54, 1.807) is 7.11 Å². The van der Waals surface area contributed by atoms with Crippen LogP contribution in [-0.4, -0.2) is 20.2 Å². The Morgan fingerprint density at radius 2 is 1.89 bits per heavy atom. The highest BCUT2D eigenvalue weighted by molar-refractivity contribution is 5.34. The number of hydrogen-bond acceptors (Lipinski definition) is 2. The van der Waals surface area contributed by atoms with Crippen molar-refractivity contribution in [3.8, 4) is 5.75 Å². The van der Waals surface area contributed by atoms with Gasteiger partial charge >= 0.3 is 0 Å². The van der Waals surface area contributed by atoms with Gasteiger partial charge < -0.3 is 10.1 Å². The van der Waals surface area contributed by atoms with E-state index in [1.165, 1.54) is 24.8 Å². The van der Waals surface area contributed by atoms with E-state index >= 15 is 0 Å². The van der Waals surface area contributed by atoms with Gasteiger partial charge in [-0.25, -0.2) is 0 Å². The summed E-state index contributed by atoms with van der Waals surface area (Å²) in [5.41, 5.74) is 1.62. The van der Waals surface area contributed by atoms with E-state index in [1.807, 2.05) is 6.07 Å². The smallest absolute Gasteiger partial charge is 0.122 e. The first-order chi connectivity index (χ1) is 9.15. The summed E-state index contributed by atoms with van der Waals surface area (Å²) in [6.45, 7) is 9.04. The summed E-state index contributed by atoms with van der Waals surface area (Å²) in [4.78, 5) is 0. The molecule has 108 valence electrons. The van der Waals surface area contributed by atoms with Crippen LogP contribution in [0.15, 0.2) is 24.3 Å². The van der Waals surface area contributed by atoms with E-state index in [9.17, 15) is 0 Å². The van der Waals surface area contributed by atoms with Crippen molar-refractivity contribution in [2.75, 3.05) is 20.2 Å². The van der Waals surface area contributed by atoms with Crippen molar-refractivity contribution in [1.29, 1.82) is 0 Å². The molecule has 1 unspecified atom stereocenters. The summed E-state index contributed by atoms with van der Waals surface area (Å²) in [6, 6.07) is 8.38. The fourth-order valence-corrected chi connectivity index (χ4v) is 2.72. The molecule has 0 aliphatic rings. The van der Waals surface area contributed by atoms with Gasteiger partial charge in [0.15, 0.2) is 0 Å². The van der Waals surface area contributed by atoms with Crippen LogP contribution in [0.5, 0.6) is 5.75 Å². The minimum absolute atomic E-state index is 0.304. The molecule has 0 fully saturated rings. The first kappa shape index (κ1) is 16.0. The first-order valence-electron chi connectivity index (χ1n) is 7.48. The number of rotatable bonds is 9. The monoisotopic (exact) mass is 263 g/mol. The lowest BCUT2D eigenvalue weighted by Crippen LogP contribution is -2.34. The number of para-hydroxylation sites is 1. The van der Waals surface area contributed by atoms with Crippen LogP contribution in [-0.2, 0) is 6.42 Å². The third kappa shape index (κ3) is 5.23. The lowest BCUT2D eigenvalue weighted by molar-refractivity contribution is 0.271. The Morgan fingerprint density at radius 3 is 2.53 bits per heavy atom. The van der Waals surface area contributed by atoms with Crippen molar-refractivity contribution in [1.82, 2.24) is 5.32 Å². The third-order valence-corrected chi connectivity index (χ3v) is 3.64. The van der Waals surface area contributed by atoms with Crippen LogP contribution in [0.3, 0.4) is 0 Å². The van der Waals surface area contributed by atoms with E-state index in [-0.39, 0.29) is 0 Å². The van der Waals surface area contributed by atoms with Crippen LogP contribution in [0.2, 0.25) is 0 Å². The average molecular weight is 263 g/mol. The van der Waals surface area contributed by atoms with Gasteiger partial charge in [-0.2, -0.15) is 0 Å². The molecular formula is C17H29NO. The van der Waals surface area contributed by atoms with Crippen molar-refractivity contribution < 1.29 is 4.74 Å². The van der Waals surface area contributed by atoms with Gasteiger partial charge in [0.05, 0.1) is 7.11 Å². The highest BCUT2D eigenvalue weighted by atomic mass is 16.5. The molecule has 0 spiro atoms. The van der Waals surface area contributed by atoms with Crippen molar-refractivity contribution in [2.24, 2.45) is 5.41 Å². The van der Waals surface area contributed by atoms with E-state index < -0.39 is 0 Å². The van der Waals surface area contributed by atoms with Crippen LogP contribution in [0.1, 0.15) is 45.6 Å². The molecule has 0 saturated heterocycles. The van der Waals surface area contributed by atoms with Gasteiger partial charge in [0, 0.05) is 6.54 Å². The van der Waals surface area contributed by atoms with Crippen molar-refractivity contribution in [3.63, 3.8) is 0 Å². The Kier molecular flexibility index (Phi) is 6.93. The Bertz CT molecular complexity index is 364. The molecule has 1 rings (SSSR count). The summed E-state index contributed by atoms with van der Waals surface area (Å²) in [7, 11) is 1.76. The van der Waals surface area contributed by atoms with E-state index in [0.29, 0.717) is 5.41 Å². The number of ether oxygens (including phenoxy) is 1. The second kappa shape index (κ2) is 8.21. The summed E-state index contributed by atoms with van der Waals surface area (Å²) in [5, 5.41) is 3.58. The topological polar surface area (TPSA) is 21.3 Å². The number of nitrogens with one attached hydrogen (secondary N) is 1. The molecule has 0 aliphatic heterocycles. The summed E-state index contributed by atoms with van der Waals surface area (Å²) >= 11 is 0. The van der Waals surface area contributed by atoms with Crippen LogP contribution in [0.4, 0.5) is 0 Å². The lowest BCUT2D eigenvalue weighted by atomic mass is 9.79. The highest BCUT2D eigenvalue weighted by Gasteiger charge is 2.24. The van der Waals surface area contributed by atoms with Gasteiger partial charge in [0.2, 0.25) is 0 Å². The molecule has 19 heavy (non-hydrogen) atoms. The molecule has 2 nitrogen and oxygen atoms in total. The van der Waals surface area contributed by atoms with Crippen molar-refractivity contribution in [3.05, 3.63) is 29.8 Å². The average Bonchev–Trinajstić information content (AvgIpc) is 2.40. The van der Waals surface area contributed by atoms with Crippen LogP contribution >= 0.6 is 0 Å². The third-order valence-electron chi connectivity index (χ3n) is 3.64. The van der Waals surface area contributed by atoms with E-state index in [4.69, 9.17) is 4.74 Å². The molecule has 0 aromatic heterocycles. The normalized spacial score (nSPS) is 14.1. The maximum atomic E-state index is 5.47. The second-order valence-corrected chi connectivity index (χ2v) is 5.73. The zero-order valence-corrected chi connectivity index (χ0v) is 13.0. The molecule has 1 atom stereocenters. The number of methoxy groups -OCH3 is 1. The van der Waals surface area contributed by atoms with Gasteiger partial charge in [-0.3, -0.25) is 0 Å². The Balaban J connectivity index is 2.75. The van der Waals surface area contributed by atoms with Crippen molar-refractivity contribution in [2.45, 2.75) is 46.5 Å². The molecule has 1 aromatic rings. The predicted molar refractivity (Wildman–Crippen MR) is 82.9 cm³/mol. The standard InChI is InChI=1S/C17H29NO/c1-5-11-17(3,14-18-12-6-2)13-15-9-7-8-10-16(15)19-4/h7-10,18H,5-6,11-14H2,1-4H3. The second-order valence-electron chi connectivity index (χ2n) is 5.73. The maximum absolute atomic E-state index is 5.47. The number of hydrogen-bond donors (Lipinski definition) is 1. The minimum Gasteiger partial charge on any atom is -0.496 e. The van der Waals surface area contributed by atoms with Crippen molar-refractivity contribution >= 4 is 0 Å². The highest BCUT2D eigenvalue weighted by Crippen LogP contribution is 2.31.